The number of guanidine groups is 1. The second-order valence-electron chi connectivity index (χ2n) is 6.69. The number of benzene rings is 1. The van der Waals surface area contributed by atoms with Gasteiger partial charge in [0.1, 0.15) is 0 Å². The van der Waals surface area contributed by atoms with Crippen LogP contribution < -0.4 is 15.4 Å². The van der Waals surface area contributed by atoms with Crippen molar-refractivity contribution >= 4 is 16.0 Å². The molecule has 0 aliphatic heterocycles. The minimum atomic E-state index is -3.24. The molecule has 0 bridgehead atoms. The highest BCUT2D eigenvalue weighted by atomic mass is 32.2. The van der Waals surface area contributed by atoms with E-state index in [0.717, 1.165) is 12.8 Å². The minimum absolute atomic E-state index is 0.0408. The Morgan fingerprint density at radius 3 is 2.64 bits per heavy atom. The summed E-state index contributed by atoms with van der Waals surface area (Å²) >= 11 is 0. The van der Waals surface area contributed by atoms with Crippen LogP contribution in [0, 0.1) is 12.8 Å². The van der Waals surface area contributed by atoms with Crippen molar-refractivity contribution in [3.05, 3.63) is 35.4 Å². The highest BCUT2D eigenvalue weighted by molar-refractivity contribution is 7.89. The van der Waals surface area contributed by atoms with Gasteiger partial charge >= 0.3 is 0 Å². The number of aryl methyl sites for hydroxylation is 1. The summed E-state index contributed by atoms with van der Waals surface area (Å²) in [6.07, 6.45) is 3.48. The molecule has 0 spiro atoms. The normalized spacial score (nSPS) is 17.0. The Bertz CT molecular complexity index is 684. The summed E-state index contributed by atoms with van der Waals surface area (Å²) in [4.78, 5) is 4.18. The lowest BCUT2D eigenvalue weighted by Gasteiger charge is -2.25. The molecule has 25 heavy (non-hydrogen) atoms. The number of aliphatic imine (C=N–C) groups is 1. The van der Waals surface area contributed by atoms with E-state index in [0.29, 0.717) is 25.0 Å². The van der Waals surface area contributed by atoms with Gasteiger partial charge in [-0.05, 0) is 43.7 Å². The second-order valence-corrected chi connectivity index (χ2v) is 8.61. The maximum atomic E-state index is 12.0. The number of rotatable bonds is 8. The van der Waals surface area contributed by atoms with Crippen molar-refractivity contribution in [1.82, 2.24) is 15.4 Å². The lowest BCUT2D eigenvalue weighted by atomic mass is 9.86. The van der Waals surface area contributed by atoms with E-state index < -0.39 is 10.0 Å². The van der Waals surface area contributed by atoms with E-state index in [1.54, 1.807) is 7.05 Å². The van der Waals surface area contributed by atoms with Gasteiger partial charge in [-0.25, -0.2) is 13.1 Å². The van der Waals surface area contributed by atoms with Crippen molar-refractivity contribution in [3.63, 3.8) is 0 Å². The summed E-state index contributed by atoms with van der Waals surface area (Å²) in [5.74, 6) is 1.16. The molecule has 1 aromatic rings. The molecule has 140 valence electrons. The second kappa shape index (κ2) is 9.20. The Morgan fingerprint density at radius 2 is 2.04 bits per heavy atom. The molecule has 1 aliphatic rings. The Morgan fingerprint density at radius 1 is 1.32 bits per heavy atom. The summed E-state index contributed by atoms with van der Waals surface area (Å²) in [6.45, 7) is 5.02. The molecule has 2 rings (SSSR count). The van der Waals surface area contributed by atoms with Gasteiger partial charge in [0.2, 0.25) is 10.0 Å². The van der Waals surface area contributed by atoms with Crippen LogP contribution in [0.1, 0.15) is 43.4 Å². The van der Waals surface area contributed by atoms with Crippen LogP contribution in [0.3, 0.4) is 0 Å². The quantitative estimate of drug-likeness (QED) is 0.485. The topological polar surface area (TPSA) is 82.6 Å². The first-order chi connectivity index (χ1) is 11.9. The average molecular weight is 367 g/mol. The summed E-state index contributed by atoms with van der Waals surface area (Å²) < 4.78 is 26.7. The van der Waals surface area contributed by atoms with E-state index in [2.05, 4.69) is 46.3 Å². The third kappa shape index (κ3) is 6.32. The van der Waals surface area contributed by atoms with Crippen molar-refractivity contribution in [2.45, 2.75) is 39.2 Å². The zero-order valence-electron chi connectivity index (χ0n) is 15.4. The van der Waals surface area contributed by atoms with Gasteiger partial charge in [-0.3, -0.25) is 4.99 Å². The van der Waals surface area contributed by atoms with Crippen LogP contribution in [0.4, 0.5) is 0 Å². The van der Waals surface area contributed by atoms with Gasteiger partial charge in [0, 0.05) is 20.1 Å². The summed E-state index contributed by atoms with van der Waals surface area (Å²) in [5.41, 5.74) is 2.40. The van der Waals surface area contributed by atoms with E-state index in [1.165, 1.54) is 17.5 Å². The maximum Gasteiger partial charge on any atom is 0.213 e. The summed E-state index contributed by atoms with van der Waals surface area (Å²) in [7, 11) is -1.56. The smallest absolute Gasteiger partial charge is 0.213 e. The fourth-order valence-electron chi connectivity index (χ4n) is 2.87. The van der Waals surface area contributed by atoms with Crippen LogP contribution in [0.25, 0.3) is 0 Å². The molecule has 1 aromatic carbocycles. The number of nitrogens with zero attached hydrogens (tertiary/aromatic N) is 1. The van der Waals surface area contributed by atoms with Crippen molar-refractivity contribution in [1.29, 1.82) is 0 Å². The fourth-order valence-corrected chi connectivity index (χ4v) is 3.87. The van der Waals surface area contributed by atoms with Crippen molar-refractivity contribution in [2.75, 3.05) is 25.9 Å². The standard InChI is InChI=1S/C18H30N4O2S/c1-14-7-4-5-10-17(14)15(2)22-18(19-3)20-11-12-25(23,24)21-13-16-8-6-9-16/h4-5,7,10,15-16,21H,6,8-9,11-13H2,1-3H3,(H2,19,20,22). The highest BCUT2D eigenvalue weighted by Crippen LogP contribution is 2.25. The third-order valence-electron chi connectivity index (χ3n) is 4.71. The van der Waals surface area contributed by atoms with Gasteiger partial charge in [-0.1, -0.05) is 30.7 Å². The van der Waals surface area contributed by atoms with E-state index in [9.17, 15) is 8.42 Å². The number of sulfonamides is 1. The first-order valence-electron chi connectivity index (χ1n) is 8.91. The van der Waals surface area contributed by atoms with Gasteiger partial charge < -0.3 is 10.6 Å². The largest absolute Gasteiger partial charge is 0.355 e. The molecule has 1 aliphatic carbocycles. The van der Waals surface area contributed by atoms with Gasteiger partial charge in [0.05, 0.1) is 11.8 Å². The average Bonchev–Trinajstić information content (AvgIpc) is 2.52. The molecule has 7 heteroatoms. The highest BCUT2D eigenvalue weighted by Gasteiger charge is 2.20. The monoisotopic (exact) mass is 366 g/mol. The molecule has 0 heterocycles. The van der Waals surface area contributed by atoms with Gasteiger partial charge in [-0.2, -0.15) is 0 Å². The van der Waals surface area contributed by atoms with E-state index in [1.807, 2.05) is 12.1 Å². The van der Waals surface area contributed by atoms with Crippen molar-refractivity contribution in [3.8, 4) is 0 Å². The SMILES string of the molecule is CN=C(NCCS(=O)(=O)NCC1CCC1)NC(C)c1ccccc1C. The number of hydrogen-bond donors (Lipinski definition) is 3. The maximum absolute atomic E-state index is 12.0. The number of hydrogen-bond acceptors (Lipinski definition) is 3. The van der Waals surface area contributed by atoms with E-state index in [-0.39, 0.29) is 11.8 Å². The molecule has 1 atom stereocenters. The third-order valence-corrected chi connectivity index (χ3v) is 6.06. The van der Waals surface area contributed by atoms with E-state index in [4.69, 9.17) is 0 Å². The lowest BCUT2D eigenvalue weighted by molar-refractivity contribution is 0.316. The predicted molar refractivity (Wildman–Crippen MR) is 103 cm³/mol. The fraction of sp³-hybridized carbons (Fsp3) is 0.611. The zero-order valence-corrected chi connectivity index (χ0v) is 16.2. The first-order valence-corrected chi connectivity index (χ1v) is 10.6. The Hall–Kier alpha value is -1.60. The molecule has 0 amide bonds. The Kier molecular flexibility index (Phi) is 7.25. The Labute approximate surface area is 151 Å². The van der Waals surface area contributed by atoms with Crippen LogP contribution in [0.5, 0.6) is 0 Å². The van der Waals surface area contributed by atoms with Crippen LogP contribution in [0.2, 0.25) is 0 Å². The minimum Gasteiger partial charge on any atom is -0.355 e. The Balaban J connectivity index is 1.77. The van der Waals surface area contributed by atoms with Gasteiger partial charge in [0.25, 0.3) is 0 Å². The molecule has 0 radical (unpaired) electrons. The molecule has 1 saturated carbocycles. The molecule has 6 nitrogen and oxygen atoms in total. The number of nitrogens with one attached hydrogen (secondary N) is 3. The van der Waals surface area contributed by atoms with Crippen LogP contribution >= 0.6 is 0 Å². The molecular weight excluding hydrogens is 336 g/mol. The molecule has 1 unspecified atom stereocenters. The molecule has 0 saturated heterocycles. The van der Waals surface area contributed by atoms with Gasteiger partial charge in [-0.15, -0.1) is 0 Å². The molecular formula is C18H30N4O2S. The summed E-state index contributed by atoms with van der Waals surface area (Å²) in [5, 5.41) is 6.38. The van der Waals surface area contributed by atoms with Crippen LogP contribution in [-0.4, -0.2) is 40.3 Å². The van der Waals surface area contributed by atoms with Crippen molar-refractivity contribution in [2.24, 2.45) is 10.9 Å². The summed E-state index contributed by atoms with van der Waals surface area (Å²) in [6, 6.07) is 8.26. The predicted octanol–water partition coefficient (Wildman–Crippen LogP) is 1.94. The van der Waals surface area contributed by atoms with Crippen LogP contribution in [-0.2, 0) is 10.0 Å². The van der Waals surface area contributed by atoms with Crippen molar-refractivity contribution < 1.29 is 8.42 Å². The first kappa shape index (κ1) is 19.7. The van der Waals surface area contributed by atoms with Gasteiger partial charge in [0.15, 0.2) is 5.96 Å². The molecule has 1 fully saturated rings. The molecule has 3 N–H and O–H groups in total. The molecule has 0 aromatic heterocycles. The zero-order chi connectivity index (χ0) is 18.3. The van der Waals surface area contributed by atoms with E-state index >= 15 is 0 Å². The van der Waals surface area contributed by atoms with Crippen LogP contribution in [0.15, 0.2) is 29.3 Å². The lowest BCUT2D eigenvalue weighted by Crippen LogP contribution is -2.42.